The molecule has 0 aromatic heterocycles. The van der Waals surface area contributed by atoms with Crippen molar-refractivity contribution in [2.24, 2.45) is 5.73 Å². The highest BCUT2D eigenvalue weighted by molar-refractivity contribution is 5.78. The summed E-state index contributed by atoms with van der Waals surface area (Å²) in [6, 6.07) is 3.64. The lowest BCUT2D eigenvalue weighted by Crippen LogP contribution is -2.45. The molecule has 3 N–H and O–H groups in total. The van der Waals surface area contributed by atoms with Gasteiger partial charge in [0.1, 0.15) is 11.3 Å². The van der Waals surface area contributed by atoms with Crippen molar-refractivity contribution >= 4 is 5.97 Å². The van der Waals surface area contributed by atoms with Crippen LogP contribution >= 0.6 is 0 Å². The van der Waals surface area contributed by atoms with Gasteiger partial charge in [-0.15, -0.1) is 0 Å². The lowest BCUT2D eigenvalue weighted by Gasteiger charge is -2.27. The molecule has 24 heavy (non-hydrogen) atoms. The van der Waals surface area contributed by atoms with Crippen LogP contribution in [0.25, 0.3) is 0 Å². The fourth-order valence-corrected chi connectivity index (χ4v) is 2.70. The number of carboxylic acids is 1. The molecule has 0 saturated carbocycles. The fraction of sp³-hybridized carbons (Fsp3) is 0.611. The Morgan fingerprint density at radius 3 is 2.12 bits per heavy atom. The third-order valence-electron chi connectivity index (χ3n) is 3.72. The maximum absolute atomic E-state index is 11.4. The Hall–Kier alpha value is -1.95. The maximum atomic E-state index is 11.4. The first-order chi connectivity index (χ1) is 11.3. The average Bonchev–Trinajstić information content (AvgIpc) is 2.49. The number of ether oxygens (including phenoxy) is 3. The summed E-state index contributed by atoms with van der Waals surface area (Å²) in [5.74, 6) is 0.668. The van der Waals surface area contributed by atoms with E-state index in [1.165, 1.54) is 6.92 Å². The largest absolute Gasteiger partial charge is 0.493 e. The van der Waals surface area contributed by atoms with Gasteiger partial charge in [0.2, 0.25) is 0 Å². The SMILES string of the molecule is CCOc1ccc(OCC)c(C(C)CC(C)(N)C(=O)O)c1OCC. The summed E-state index contributed by atoms with van der Waals surface area (Å²) in [5.41, 5.74) is 5.38. The van der Waals surface area contributed by atoms with Crippen LogP contribution < -0.4 is 19.9 Å². The highest BCUT2D eigenvalue weighted by Crippen LogP contribution is 2.44. The Balaban J connectivity index is 3.38. The molecule has 0 aliphatic carbocycles. The van der Waals surface area contributed by atoms with E-state index in [1.807, 2.05) is 39.8 Å². The molecule has 6 nitrogen and oxygen atoms in total. The van der Waals surface area contributed by atoms with Gasteiger partial charge in [-0.3, -0.25) is 4.79 Å². The number of aliphatic carboxylic acids is 1. The maximum Gasteiger partial charge on any atom is 0.323 e. The van der Waals surface area contributed by atoms with Crippen LogP contribution in [0.2, 0.25) is 0 Å². The molecule has 0 heterocycles. The monoisotopic (exact) mass is 339 g/mol. The molecular formula is C18H29NO5. The molecular weight excluding hydrogens is 310 g/mol. The van der Waals surface area contributed by atoms with Gasteiger partial charge in [-0.2, -0.15) is 0 Å². The van der Waals surface area contributed by atoms with Crippen LogP contribution in [-0.4, -0.2) is 36.4 Å². The van der Waals surface area contributed by atoms with Gasteiger partial charge in [0.25, 0.3) is 0 Å². The quantitative estimate of drug-likeness (QED) is 0.680. The van der Waals surface area contributed by atoms with Crippen molar-refractivity contribution in [2.75, 3.05) is 19.8 Å². The molecule has 1 aromatic carbocycles. The molecule has 1 aromatic rings. The predicted octanol–water partition coefficient (Wildman–Crippen LogP) is 3.18. The Labute approximate surface area is 143 Å². The molecule has 6 heteroatoms. The molecule has 1 rings (SSSR count). The van der Waals surface area contributed by atoms with Crippen molar-refractivity contribution in [2.45, 2.75) is 52.5 Å². The normalized spacial score (nSPS) is 14.6. The first-order valence-electron chi connectivity index (χ1n) is 8.35. The number of benzene rings is 1. The van der Waals surface area contributed by atoms with Crippen molar-refractivity contribution in [3.8, 4) is 17.2 Å². The van der Waals surface area contributed by atoms with Gasteiger partial charge in [0.15, 0.2) is 11.5 Å². The molecule has 0 spiro atoms. The zero-order valence-electron chi connectivity index (χ0n) is 15.2. The summed E-state index contributed by atoms with van der Waals surface area (Å²) in [6.07, 6.45) is 0.248. The Morgan fingerprint density at radius 2 is 1.62 bits per heavy atom. The minimum Gasteiger partial charge on any atom is -0.493 e. The van der Waals surface area contributed by atoms with Crippen molar-refractivity contribution in [1.82, 2.24) is 0 Å². The number of rotatable bonds is 10. The highest BCUT2D eigenvalue weighted by Gasteiger charge is 2.33. The lowest BCUT2D eigenvalue weighted by molar-refractivity contribution is -0.143. The molecule has 0 amide bonds. The second-order valence-corrected chi connectivity index (χ2v) is 5.93. The van der Waals surface area contributed by atoms with Crippen molar-refractivity contribution in [3.05, 3.63) is 17.7 Å². The van der Waals surface area contributed by atoms with Gasteiger partial charge in [-0.1, -0.05) is 6.92 Å². The third-order valence-corrected chi connectivity index (χ3v) is 3.72. The Bertz CT molecular complexity index is 557. The number of carbonyl (C=O) groups is 1. The zero-order chi connectivity index (χ0) is 18.3. The van der Waals surface area contributed by atoms with Crippen LogP contribution in [0.15, 0.2) is 12.1 Å². The molecule has 0 bridgehead atoms. The van der Waals surface area contributed by atoms with Gasteiger partial charge >= 0.3 is 5.97 Å². The average molecular weight is 339 g/mol. The van der Waals surface area contributed by atoms with Crippen LogP contribution in [0.4, 0.5) is 0 Å². The summed E-state index contributed by atoms with van der Waals surface area (Å²) in [7, 11) is 0. The fourth-order valence-electron chi connectivity index (χ4n) is 2.70. The summed E-state index contributed by atoms with van der Waals surface area (Å²) < 4.78 is 17.2. The van der Waals surface area contributed by atoms with E-state index in [9.17, 15) is 9.90 Å². The van der Waals surface area contributed by atoms with Crippen molar-refractivity contribution in [3.63, 3.8) is 0 Å². The van der Waals surface area contributed by atoms with Gasteiger partial charge < -0.3 is 25.1 Å². The van der Waals surface area contributed by atoms with Gasteiger partial charge in [-0.25, -0.2) is 0 Å². The van der Waals surface area contributed by atoms with Gasteiger partial charge in [0, 0.05) is 5.56 Å². The number of hydrogen-bond acceptors (Lipinski definition) is 5. The highest BCUT2D eigenvalue weighted by atomic mass is 16.5. The molecule has 0 aliphatic rings. The minimum atomic E-state index is -1.34. The number of nitrogens with two attached hydrogens (primary N) is 1. The summed E-state index contributed by atoms with van der Waals surface area (Å²) in [5, 5.41) is 9.31. The Morgan fingerprint density at radius 1 is 1.12 bits per heavy atom. The predicted molar refractivity (Wildman–Crippen MR) is 93.2 cm³/mol. The van der Waals surface area contributed by atoms with E-state index in [2.05, 4.69) is 0 Å². The molecule has 0 aliphatic heterocycles. The molecule has 0 saturated heterocycles. The molecule has 2 atom stereocenters. The van der Waals surface area contributed by atoms with E-state index in [-0.39, 0.29) is 12.3 Å². The molecule has 0 fully saturated rings. The van der Waals surface area contributed by atoms with E-state index in [4.69, 9.17) is 19.9 Å². The zero-order valence-corrected chi connectivity index (χ0v) is 15.2. The van der Waals surface area contributed by atoms with Gasteiger partial charge in [0.05, 0.1) is 19.8 Å². The molecule has 0 radical (unpaired) electrons. The summed E-state index contributed by atoms with van der Waals surface area (Å²) in [6.45, 7) is 10.6. The van der Waals surface area contributed by atoms with Crippen molar-refractivity contribution in [1.29, 1.82) is 0 Å². The second-order valence-electron chi connectivity index (χ2n) is 5.93. The first-order valence-corrected chi connectivity index (χ1v) is 8.35. The standard InChI is InChI=1S/C18H29NO5/c1-6-22-13-9-10-14(23-7-2)16(24-8-3)15(13)12(4)11-18(5,19)17(20)21/h9-10,12H,6-8,11,19H2,1-5H3,(H,20,21). The van der Waals surface area contributed by atoms with Crippen LogP contribution in [0, 0.1) is 0 Å². The summed E-state index contributed by atoms with van der Waals surface area (Å²) in [4.78, 5) is 11.4. The summed E-state index contributed by atoms with van der Waals surface area (Å²) >= 11 is 0. The number of carboxylic acid groups (broad SMARTS) is 1. The molecule has 2 unspecified atom stereocenters. The Kier molecular flexibility index (Phi) is 7.35. The smallest absolute Gasteiger partial charge is 0.323 e. The second kappa shape index (κ2) is 8.78. The van der Waals surface area contributed by atoms with E-state index >= 15 is 0 Å². The minimum absolute atomic E-state index is 0.181. The topological polar surface area (TPSA) is 91.0 Å². The van der Waals surface area contributed by atoms with Gasteiger partial charge in [-0.05, 0) is 52.2 Å². The lowest BCUT2D eigenvalue weighted by atomic mass is 9.85. The van der Waals surface area contributed by atoms with Crippen LogP contribution in [0.5, 0.6) is 17.2 Å². The third kappa shape index (κ3) is 4.77. The number of hydrogen-bond donors (Lipinski definition) is 2. The van der Waals surface area contributed by atoms with Crippen LogP contribution in [-0.2, 0) is 4.79 Å². The van der Waals surface area contributed by atoms with Crippen molar-refractivity contribution < 1.29 is 24.1 Å². The van der Waals surface area contributed by atoms with Crippen LogP contribution in [0.3, 0.4) is 0 Å². The van der Waals surface area contributed by atoms with E-state index in [0.717, 1.165) is 5.56 Å². The van der Waals surface area contributed by atoms with E-state index in [0.29, 0.717) is 37.1 Å². The van der Waals surface area contributed by atoms with E-state index < -0.39 is 11.5 Å². The molecule has 136 valence electrons. The van der Waals surface area contributed by atoms with Crippen LogP contribution in [0.1, 0.15) is 52.5 Å². The first kappa shape index (κ1) is 20.1. The van der Waals surface area contributed by atoms with E-state index in [1.54, 1.807) is 0 Å².